The molecule has 31 heavy (non-hydrogen) atoms. The van der Waals surface area contributed by atoms with Crippen molar-refractivity contribution in [2.24, 2.45) is 0 Å². The second-order valence-corrected chi connectivity index (χ2v) is 7.83. The molecule has 0 aliphatic heterocycles. The summed E-state index contributed by atoms with van der Waals surface area (Å²) in [6.07, 6.45) is -2.94. The highest BCUT2D eigenvalue weighted by Gasteiger charge is 2.34. The van der Waals surface area contributed by atoms with Crippen LogP contribution >= 0.6 is 0 Å². The molecule has 6 heteroatoms. The Morgan fingerprint density at radius 1 is 0.710 bits per heavy atom. The number of hydrogen-bond acceptors (Lipinski definition) is 2. The SMILES string of the molecule is FC(F)(F)c1cccc2c1c1ccc3ncnc4c5cc6ccccc6cc5n2c1c34. The summed E-state index contributed by atoms with van der Waals surface area (Å²) in [7, 11) is 0. The van der Waals surface area contributed by atoms with Gasteiger partial charge in [0.05, 0.1) is 38.5 Å². The molecule has 0 fully saturated rings. The van der Waals surface area contributed by atoms with E-state index in [4.69, 9.17) is 0 Å². The van der Waals surface area contributed by atoms with Crippen molar-refractivity contribution in [2.45, 2.75) is 6.18 Å². The number of alkyl halides is 3. The Bertz CT molecular complexity index is 1830. The van der Waals surface area contributed by atoms with Crippen LogP contribution in [0.4, 0.5) is 13.2 Å². The first-order valence-corrected chi connectivity index (χ1v) is 9.84. The molecule has 0 saturated heterocycles. The molecule has 7 rings (SSSR count). The monoisotopic (exact) mass is 411 g/mol. The molecule has 4 aromatic carbocycles. The molecule has 0 bridgehead atoms. The first-order valence-electron chi connectivity index (χ1n) is 9.84. The molecular formula is C25H12F3N3. The highest BCUT2D eigenvalue weighted by Crippen LogP contribution is 2.44. The number of nitrogens with zero attached hydrogens (tertiary/aromatic N) is 3. The van der Waals surface area contributed by atoms with E-state index >= 15 is 0 Å². The van der Waals surface area contributed by atoms with Gasteiger partial charge in [0.15, 0.2) is 0 Å². The zero-order valence-corrected chi connectivity index (χ0v) is 15.9. The average molecular weight is 411 g/mol. The maximum absolute atomic E-state index is 14.0. The maximum Gasteiger partial charge on any atom is 0.417 e. The van der Waals surface area contributed by atoms with Crippen LogP contribution in [-0.4, -0.2) is 14.4 Å². The molecule has 0 aliphatic rings. The van der Waals surface area contributed by atoms with E-state index < -0.39 is 11.7 Å². The third kappa shape index (κ3) is 2.04. The molecule has 0 N–H and O–H groups in total. The lowest BCUT2D eigenvalue weighted by molar-refractivity contribution is -0.136. The van der Waals surface area contributed by atoms with Gasteiger partial charge < -0.3 is 4.40 Å². The van der Waals surface area contributed by atoms with Crippen LogP contribution in [0.1, 0.15) is 5.56 Å². The number of pyridine rings is 1. The molecule has 3 heterocycles. The van der Waals surface area contributed by atoms with Crippen LogP contribution in [0.15, 0.2) is 73.1 Å². The maximum atomic E-state index is 14.0. The predicted molar refractivity (Wildman–Crippen MR) is 117 cm³/mol. The van der Waals surface area contributed by atoms with Crippen LogP contribution in [0.25, 0.3) is 59.9 Å². The van der Waals surface area contributed by atoms with Crippen LogP contribution in [0.3, 0.4) is 0 Å². The van der Waals surface area contributed by atoms with Gasteiger partial charge in [-0.1, -0.05) is 30.3 Å². The Hall–Kier alpha value is -3.93. The third-order valence-corrected chi connectivity index (χ3v) is 6.22. The third-order valence-electron chi connectivity index (χ3n) is 6.22. The molecule has 0 amide bonds. The first-order chi connectivity index (χ1) is 15.0. The van der Waals surface area contributed by atoms with Gasteiger partial charge in [-0.15, -0.1) is 0 Å². The van der Waals surface area contributed by atoms with Gasteiger partial charge in [0, 0.05) is 16.2 Å². The van der Waals surface area contributed by atoms with Gasteiger partial charge in [-0.2, -0.15) is 13.2 Å². The van der Waals surface area contributed by atoms with Crippen molar-refractivity contribution in [3.05, 3.63) is 78.6 Å². The molecule has 3 aromatic heterocycles. The average Bonchev–Trinajstić information content (AvgIpc) is 3.12. The van der Waals surface area contributed by atoms with E-state index in [1.165, 1.54) is 12.4 Å². The number of fused-ring (bicyclic) bond motifs is 7. The van der Waals surface area contributed by atoms with Crippen LogP contribution in [0.5, 0.6) is 0 Å². The topological polar surface area (TPSA) is 30.2 Å². The van der Waals surface area contributed by atoms with Crippen molar-refractivity contribution >= 4 is 59.9 Å². The Labute approximate surface area is 172 Å². The normalized spacial score (nSPS) is 13.0. The van der Waals surface area contributed by atoms with E-state index in [0.29, 0.717) is 16.4 Å². The van der Waals surface area contributed by atoms with Gasteiger partial charge in [0.1, 0.15) is 6.33 Å². The molecule has 148 valence electrons. The summed E-state index contributed by atoms with van der Waals surface area (Å²) in [4.78, 5) is 8.96. The van der Waals surface area contributed by atoms with E-state index in [-0.39, 0.29) is 5.39 Å². The van der Waals surface area contributed by atoms with Gasteiger partial charge in [0.25, 0.3) is 0 Å². The number of halogens is 3. The van der Waals surface area contributed by atoms with E-state index in [1.54, 1.807) is 18.2 Å². The van der Waals surface area contributed by atoms with Crippen molar-refractivity contribution in [3.8, 4) is 0 Å². The van der Waals surface area contributed by atoms with E-state index in [0.717, 1.165) is 44.2 Å². The molecule has 0 atom stereocenters. The minimum Gasteiger partial charge on any atom is -0.308 e. The molecule has 0 aliphatic carbocycles. The minimum absolute atomic E-state index is 0.211. The summed E-state index contributed by atoms with van der Waals surface area (Å²) < 4.78 is 43.8. The Balaban J connectivity index is 1.89. The predicted octanol–water partition coefficient (Wildman–Crippen LogP) is 6.95. The van der Waals surface area contributed by atoms with Crippen molar-refractivity contribution in [2.75, 3.05) is 0 Å². The largest absolute Gasteiger partial charge is 0.417 e. The zero-order chi connectivity index (χ0) is 20.9. The van der Waals surface area contributed by atoms with E-state index in [9.17, 15) is 13.2 Å². The van der Waals surface area contributed by atoms with Gasteiger partial charge in [-0.25, -0.2) is 9.97 Å². The Morgan fingerprint density at radius 3 is 2.32 bits per heavy atom. The van der Waals surface area contributed by atoms with Crippen molar-refractivity contribution in [3.63, 3.8) is 0 Å². The quantitative estimate of drug-likeness (QED) is 0.200. The second kappa shape index (κ2) is 5.40. The molecule has 3 nitrogen and oxygen atoms in total. The fraction of sp³-hybridized carbons (Fsp3) is 0.0400. The molecule has 0 saturated carbocycles. The fourth-order valence-electron chi connectivity index (χ4n) is 4.99. The Kier molecular flexibility index (Phi) is 2.93. The summed E-state index contributed by atoms with van der Waals surface area (Å²) in [5.74, 6) is 0. The Morgan fingerprint density at radius 2 is 1.52 bits per heavy atom. The van der Waals surface area contributed by atoms with Gasteiger partial charge in [-0.3, -0.25) is 0 Å². The number of aromatic nitrogens is 3. The lowest BCUT2D eigenvalue weighted by Gasteiger charge is -2.12. The highest BCUT2D eigenvalue weighted by atomic mass is 19.4. The molecule has 7 aromatic rings. The molecule has 0 spiro atoms. The van der Waals surface area contributed by atoms with Gasteiger partial charge >= 0.3 is 6.18 Å². The molecule has 0 unspecified atom stereocenters. The summed E-state index contributed by atoms with van der Waals surface area (Å²) in [5, 5.41) is 4.52. The first kappa shape index (κ1) is 16.8. The summed E-state index contributed by atoms with van der Waals surface area (Å²) in [6.45, 7) is 0. The van der Waals surface area contributed by atoms with Crippen LogP contribution in [0, 0.1) is 0 Å². The minimum atomic E-state index is -4.45. The second-order valence-electron chi connectivity index (χ2n) is 7.83. The lowest BCUT2D eigenvalue weighted by Crippen LogP contribution is -2.05. The zero-order valence-electron chi connectivity index (χ0n) is 15.9. The molecule has 0 radical (unpaired) electrons. The standard InChI is InChI=1S/C25H12F3N3/c26-25(27,28)17-6-3-7-19-21(17)15-8-9-18-22-23(30-12-29-18)16-10-13-4-1-2-5-14(13)11-20(16)31(19)24(15)22/h1-12H. The van der Waals surface area contributed by atoms with Crippen molar-refractivity contribution in [1.29, 1.82) is 0 Å². The van der Waals surface area contributed by atoms with Gasteiger partial charge in [-0.05, 0) is 47.2 Å². The summed E-state index contributed by atoms with van der Waals surface area (Å²) in [5.41, 5.74) is 2.92. The summed E-state index contributed by atoms with van der Waals surface area (Å²) >= 11 is 0. The van der Waals surface area contributed by atoms with E-state index in [2.05, 4.69) is 16.0 Å². The van der Waals surface area contributed by atoms with Crippen LogP contribution in [-0.2, 0) is 6.18 Å². The smallest absolute Gasteiger partial charge is 0.308 e. The lowest BCUT2D eigenvalue weighted by atomic mass is 10.0. The number of rotatable bonds is 0. The molecular weight excluding hydrogens is 399 g/mol. The van der Waals surface area contributed by atoms with Crippen LogP contribution in [0.2, 0.25) is 0 Å². The van der Waals surface area contributed by atoms with Crippen molar-refractivity contribution < 1.29 is 13.2 Å². The van der Waals surface area contributed by atoms with E-state index in [1.807, 2.05) is 34.7 Å². The fourth-order valence-corrected chi connectivity index (χ4v) is 4.99. The number of hydrogen-bond donors (Lipinski definition) is 0. The highest BCUT2D eigenvalue weighted by molar-refractivity contribution is 6.28. The number of benzene rings is 4. The van der Waals surface area contributed by atoms with Crippen molar-refractivity contribution in [1.82, 2.24) is 14.4 Å². The summed E-state index contributed by atoms with van der Waals surface area (Å²) in [6, 6.07) is 20.0. The van der Waals surface area contributed by atoms with Gasteiger partial charge in [0.2, 0.25) is 0 Å². The van der Waals surface area contributed by atoms with Crippen LogP contribution < -0.4 is 0 Å².